The van der Waals surface area contributed by atoms with E-state index in [1.54, 1.807) is 19.1 Å². The number of hydrogen-bond acceptors (Lipinski definition) is 6. The van der Waals surface area contributed by atoms with Gasteiger partial charge in [-0.1, -0.05) is 17.3 Å². The average Bonchev–Trinajstić information content (AvgIpc) is 2.49. The predicted molar refractivity (Wildman–Crippen MR) is 81.5 cm³/mol. The van der Waals surface area contributed by atoms with Gasteiger partial charge in [0.2, 0.25) is 0 Å². The SMILES string of the molecule is Cc1c(CO/N=C(/N)CN2CCOCC2)cccc1[N+](=O)[O-]. The number of nitro groups is 1. The van der Waals surface area contributed by atoms with Crippen LogP contribution in [0.2, 0.25) is 0 Å². The van der Waals surface area contributed by atoms with E-state index in [9.17, 15) is 10.1 Å². The summed E-state index contributed by atoms with van der Waals surface area (Å²) in [7, 11) is 0. The topological polar surface area (TPSA) is 103 Å². The Bertz CT molecular complexity index is 556. The Hall–Kier alpha value is -2.19. The maximum atomic E-state index is 10.9. The summed E-state index contributed by atoms with van der Waals surface area (Å²) in [6.07, 6.45) is 0. The van der Waals surface area contributed by atoms with Crippen LogP contribution in [-0.4, -0.2) is 48.5 Å². The van der Waals surface area contributed by atoms with Gasteiger partial charge in [-0.15, -0.1) is 0 Å². The molecule has 1 saturated heterocycles. The zero-order valence-corrected chi connectivity index (χ0v) is 12.5. The van der Waals surface area contributed by atoms with Crippen molar-refractivity contribution in [1.29, 1.82) is 0 Å². The second-order valence-corrected chi connectivity index (χ2v) is 5.06. The summed E-state index contributed by atoms with van der Waals surface area (Å²) in [5.74, 6) is 0.380. The fourth-order valence-corrected chi connectivity index (χ4v) is 2.23. The van der Waals surface area contributed by atoms with Crippen molar-refractivity contribution in [3.8, 4) is 0 Å². The Labute approximate surface area is 128 Å². The number of ether oxygens (including phenoxy) is 1. The van der Waals surface area contributed by atoms with Gasteiger partial charge in [-0.2, -0.15) is 0 Å². The molecule has 0 bridgehead atoms. The van der Waals surface area contributed by atoms with Crippen LogP contribution in [0.3, 0.4) is 0 Å². The predicted octanol–water partition coefficient (Wildman–Crippen LogP) is 1.02. The van der Waals surface area contributed by atoms with Crippen LogP contribution < -0.4 is 5.73 Å². The first kappa shape index (κ1) is 16.2. The molecule has 0 atom stereocenters. The highest BCUT2D eigenvalue weighted by Gasteiger charge is 2.14. The summed E-state index contributed by atoms with van der Waals surface area (Å²) in [6.45, 7) is 5.40. The van der Waals surface area contributed by atoms with Crippen LogP contribution in [-0.2, 0) is 16.2 Å². The molecule has 2 rings (SSSR count). The molecule has 1 fully saturated rings. The Morgan fingerprint density at radius 1 is 1.50 bits per heavy atom. The molecular weight excluding hydrogens is 288 g/mol. The number of hydrogen-bond donors (Lipinski definition) is 1. The molecule has 0 aromatic heterocycles. The minimum atomic E-state index is -0.408. The molecule has 120 valence electrons. The van der Waals surface area contributed by atoms with E-state index in [2.05, 4.69) is 10.1 Å². The van der Waals surface area contributed by atoms with Crippen molar-refractivity contribution in [2.24, 2.45) is 10.9 Å². The van der Waals surface area contributed by atoms with E-state index < -0.39 is 4.92 Å². The summed E-state index contributed by atoms with van der Waals surface area (Å²) in [5, 5.41) is 14.8. The quantitative estimate of drug-likeness (QED) is 0.364. The van der Waals surface area contributed by atoms with Gasteiger partial charge in [-0.25, -0.2) is 0 Å². The Kier molecular flexibility index (Phi) is 5.68. The van der Waals surface area contributed by atoms with E-state index in [-0.39, 0.29) is 12.3 Å². The second kappa shape index (κ2) is 7.71. The largest absolute Gasteiger partial charge is 0.389 e. The molecule has 1 aliphatic rings. The van der Waals surface area contributed by atoms with Crippen LogP contribution >= 0.6 is 0 Å². The molecule has 0 unspecified atom stereocenters. The molecule has 1 heterocycles. The molecule has 8 nitrogen and oxygen atoms in total. The van der Waals surface area contributed by atoms with Gasteiger partial charge in [0.15, 0.2) is 5.84 Å². The first-order chi connectivity index (χ1) is 10.6. The van der Waals surface area contributed by atoms with Crippen LogP contribution in [0.25, 0.3) is 0 Å². The molecule has 0 saturated carbocycles. The Balaban J connectivity index is 1.88. The minimum absolute atomic E-state index is 0.0753. The Morgan fingerprint density at radius 2 is 2.23 bits per heavy atom. The number of morpholine rings is 1. The summed E-state index contributed by atoms with van der Waals surface area (Å²) in [4.78, 5) is 17.8. The zero-order valence-electron chi connectivity index (χ0n) is 12.5. The van der Waals surface area contributed by atoms with Gasteiger partial charge in [0.1, 0.15) is 6.61 Å². The van der Waals surface area contributed by atoms with Crippen LogP contribution in [0.4, 0.5) is 5.69 Å². The van der Waals surface area contributed by atoms with Crippen LogP contribution in [0, 0.1) is 17.0 Å². The lowest BCUT2D eigenvalue weighted by molar-refractivity contribution is -0.385. The van der Waals surface area contributed by atoms with E-state index >= 15 is 0 Å². The highest BCUT2D eigenvalue weighted by atomic mass is 16.6. The third kappa shape index (κ3) is 4.40. The third-order valence-electron chi connectivity index (χ3n) is 3.51. The van der Waals surface area contributed by atoms with Crippen molar-refractivity contribution in [2.75, 3.05) is 32.8 Å². The molecule has 1 aromatic rings. The van der Waals surface area contributed by atoms with E-state index in [1.165, 1.54) is 6.07 Å². The zero-order chi connectivity index (χ0) is 15.9. The van der Waals surface area contributed by atoms with Gasteiger partial charge >= 0.3 is 0 Å². The fourth-order valence-electron chi connectivity index (χ4n) is 2.23. The van der Waals surface area contributed by atoms with Crippen LogP contribution in [0.1, 0.15) is 11.1 Å². The number of benzene rings is 1. The number of rotatable bonds is 6. The average molecular weight is 308 g/mol. The smallest absolute Gasteiger partial charge is 0.272 e. The van der Waals surface area contributed by atoms with Crippen molar-refractivity contribution in [2.45, 2.75) is 13.5 Å². The van der Waals surface area contributed by atoms with Gasteiger partial charge in [0.25, 0.3) is 5.69 Å². The minimum Gasteiger partial charge on any atom is -0.389 e. The summed E-state index contributed by atoms with van der Waals surface area (Å²) in [5.41, 5.74) is 7.19. The standard InChI is InChI=1S/C14H20N4O4/c1-11-12(3-2-4-13(11)18(19)20)10-22-16-14(15)9-17-5-7-21-8-6-17/h2-4H,5-10H2,1H3,(H2,15,16). The van der Waals surface area contributed by atoms with Crippen molar-refractivity contribution < 1.29 is 14.5 Å². The second-order valence-electron chi connectivity index (χ2n) is 5.06. The van der Waals surface area contributed by atoms with E-state index in [4.69, 9.17) is 15.3 Å². The van der Waals surface area contributed by atoms with E-state index in [1.807, 2.05) is 0 Å². The van der Waals surface area contributed by atoms with Gasteiger partial charge in [-0.3, -0.25) is 15.0 Å². The van der Waals surface area contributed by atoms with Crippen molar-refractivity contribution in [1.82, 2.24) is 4.90 Å². The number of nitro benzene ring substituents is 1. The molecular formula is C14H20N4O4. The molecule has 22 heavy (non-hydrogen) atoms. The lowest BCUT2D eigenvalue weighted by Crippen LogP contribution is -2.41. The molecule has 0 amide bonds. The number of oxime groups is 1. The molecule has 2 N–H and O–H groups in total. The number of nitrogens with two attached hydrogens (primary N) is 1. The monoisotopic (exact) mass is 308 g/mol. The Morgan fingerprint density at radius 3 is 2.91 bits per heavy atom. The number of amidine groups is 1. The van der Waals surface area contributed by atoms with E-state index in [0.717, 1.165) is 18.7 Å². The molecule has 8 heteroatoms. The van der Waals surface area contributed by atoms with E-state index in [0.29, 0.717) is 31.2 Å². The van der Waals surface area contributed by atoms with Crippen LogP contribution in [0.5, 0.6) is 0 Å². The normalized spacial score (nSPS) is 16.5. The summed E-state index contributed by atoms with van der Waals surface area (Å²) in [6, 6.07) is 4.87. The highest BCUT2D eigenvalue weighted by Crippen LogP contribution is 2.21. The molecule has 1 aliphatic heterocycles. The van der Waals surface area contributed by atoms with Gasteiger partial charge in [0, 0.05) is 30.3 Å². The third-order valence-corrected chi connectivity index (χ3v) is 3.51. The lowest BCUT2D eigenvalue weighted by atomic mass is 10.1. The summed E-state index contributed by atoms with van der Waals surface area (Å²) >= 11 is 0. The first-order valence-corrected chi connectivity index (χ1v) is 7.05. The van der Waals surface area contributed by atoms with Crippen molar-refractivity contribution in [3.63, 3.8) is 0 Å². The van der Waals surface area contributed by atoms with Crippen molar-refractivity contribution >= 4 is 11.5 Å². The molecule has 0 spiro atoms. The maximum Gasteiger partial charge on any atom is 0.272 e. The maximum absolute atomic E-state index is 10.9. The highest BCUT2D eigenvalue weighted by molar-refractivity contribution is 5.81. The van der Waals surface area contributed by atoms with Gasteiger partial charge in [0.05, 0.1) is 24.7 Å². The molecule has 1 aromatic carbocycles. The van der Waals surface area contributed by atoms with Crippen molar-refractivity contribution in [3.05, 3.63) is 39.4 Å². The fraction of sp³-hybridized carbons (Fsp3) is 0.500. The van der Waals surface area contributed by atoms with Gasteiger partial charge < -0.3 is 15.3 Å². The molecule has 0 radical (unpaired) electrons. The summed E-state index contributed by atoms with van der Waals surface area (Å²) < 4.78 is 5.26. The van der Waals surface area contributed by atoms with Gasteiger partial charge in [-0.05, 0) is 6.92 Å². The lowest BCUT2D eigenvalue weighted by Gasteiger charge is -2.25. The first-order valence-electron chi connectivity index (χ1n) is 7.05. The molecule has 0 aliphatic carbocycles. The van der Waals surface area contributed by atoms with Crippen LogP contribution in [0.15, 0.2) is 23.4 Å². The number of nitrogens with zero attached hydrogens (tertiary/aromatic N) is 3.